The highest BCUT2D eigenvalue weighted by Gasteiger charge is 2.54. The molecule has 0 amide bonds. The zero-order chi connectivity index (χ0) is 21.6. The Hall–Kier alpha value is -2.01. The number of rotatable bonds is 4. The fourth-order valence-corrected chi connectivity index (χ4v) is 6.73. The normalized spacial score (nSPS) is 33.7. The third-order valence-electron chi connectivity index (χ3n) is 8.60. The van der Waals surface area contributed by atoms with Crippen LogP contribution >= 0.6 is 0 Å². The van der Waals surface area contributed by atoms with Crippen LogP contribution in [-0.2, 0) is 9.53 Å². The van der Waals surface area contributed by atoms with E-state index in [4.69, 9.17) is 9.47 Å². The van der Waals surface area contributed by atoms with Crippen molar-refractivity contribution in [2.24, 2.45) is 17.3 Å². The number of anilines is 1. The summed E-state index contributed by atoms with van der Waals surface area (Å²) in [6.07, 6.45) is 6.02. The molecule has 2 aliphatic carbocycles. The van der Waals surface area contributed by atoms with E-state index in [1.807, 2.05) is 12.1 Å². The predicted octanol–water partition coefficient (Wildman–Crippen LogP) is 2.86. The molecular weight excluding hydrogens is 388 g/mol. The number of hydrogen-bond donors (Lipinski definition) is 1. The summed E-state index contributed by atoms with van der Waals surface area (Å²) in [6, 6.07) is 8.34. The maximum absolute atomic E-state index is 12.9. The Kier molecular flexibility index (Phi) is 5.49. The van der Waals surface area contributed by atoms with E-state index >= 15 is 0 Å². The van der Waals surface area contributed by atoms with E-state index < -0.39 is 0 Å². The zero-order valence-corrected chi connectivity index (χ0v) is 19.3. The van der Waals surface area contributed by atoms with Crippen LogP contribution in [-0.4, -0.2) is 51.9 Å². The number of allylic oxidation sites excluding steroid dienone is 2. The molecule has 2 saturated heterocycles. The number of piperazine rings is 1. The summed E-state index contributed by atoms with van der Waals surface area (Å²) in [7, 11) is 1.70. The fraction of sp³-hybridized carbons (Fsp3) is 0.654. The molecule has 1 aromatic rings. The maximum atomic E-state index is 12.9. The van der Waals surface area contributed by atoms with Gasteiger partial charge in [0.2, 0.25) is 0 Å². The van der Waals surface area contributed by atoms with Gasteiger partial charge in [-0.1, -0.05) is 18.1 Å². The Balaban J connectivity index is 1.22. The van der Waals surface area contributed by atoms with Crippen LogP contribution in [0.2, 0.25) is 0 Å². The summed E-state index contributed by atoms with van der Waals surface area (Å²) in [4.78, 5) is 16.9. The van der Waals surface area contributed by atoms with E-state index in [9.17, 15) is 4.79 Å². The van der Waals surface area contributed by atoms with Crippen LogP contribution in [0.3, 0.4) is 0 Å². The van der Waals surface area contributed by atoms with Crippen molar-refractivity contribution >= 4 is 11.7 Å². The summed E-state index contributed by atoms with van der Waals surface area (Å²) >= 11 is 0. The summed E-state index contributed by atoms with van der Waals surface area (Å²) in [5.74, 6) is 1.42. The van der Waals surface area contributed by atoms with Crippen LogP contribution in [0.4, 0.5) is 5.69 Å². The standard InChI is InChI=1S/C26H36N2O3/c1-18-5-4-10-26(2)16-24-21(15-23(18)26)22(25(29)31-24)17-27-11-13-28(14-12-27)19-6-8-20(30-3)9-7-19/h6-9,21-22,24H,4-5,10-17H2,1-3H3/p+1/t21-,22+,24-,26+/m1/s1. The van der Waals surface area contributed by atoms with Crippen LogP contribution < -0.4 is 14.5 Å². The molecule has 2 aliphatic heterocycles. The number of benzene rings is 1. The molecule has 3 fully saturated rings. The van der Waals surface area contributed by atoms with Gasteiger partial charge >= 0.3 is 5.97 Å². The minimum absolute atomic E-state index is 0.0688. The monoisotopic (exact) mass is 425 g/mol. The number of ether oxygens (including phenoxy) is 2. The fourth-order valence-electron chi connectivity index (χ4n) is 6.73. The van der Waals surface area contributed by atoms with E-state index in [0.717, 1.165) is 51.3 Å². The van der Waals surface area contributed by atoms with Crippen molar-refractivity contribution in [2.75, 3.05) is 44.7 Å². The second kappa shape index (κ2) is 8.16. The average Bonchev–Trinajstić information content (AvgIpc) is 3.06. The Labute approximate surface area is 186 Å². The number of hydrogen-bond acceptors (Lipinski definition) is 4. The van der Waals surface area contributed by atoms with Crippen LogP contribution in [0.25, 0.3) is 0 Å². The van der Waals surface area contributed by atoms with E-state index in [1.165, 1.54) is 24.9 Å². The number of nitrogens with one attached hydrogen (secondary N) is 1. The average molecular weight is 426 g/mol. The lowest BCUT2D eigenvalue weighted by Crippen LogP contribution is -3.15. The topological polar surface area (TPSA) is 43.2 Å². The minimum Gasteiger partial charge on any atom is -0.497 e. The lowest BCUT2D eigenvalue weighted by atomic mass is 9.59. The zero-order valence-electron chi connectivity index (χ0n) is 19.3. The van der Waals surface area contributed by atoms with Gasteiger partial charge in [-0.3, -0.25) is 4.79 Å². The van der Waals surface area contributed by atoms with Crippen LogP contribution in [0.5, 0.6) is 5.75 Å². The summed E-state index contributed by atoms with van der Waals surface area (Å²) in [5.41, 5.74) is 4.76. The quantitative estimate of drug-likeness (QED) is 0.595. The first-order valence-corrected chi connectivity index (χ1v) is 12.1. The summed E-state index contributed by atoms with van der Waals surface area (Å²) < 4.78 is 11.3. The number of carbonyl (C=O) groups is 1. The van der Waals surface area contributed by atoms with Crippen molar-refractivity contribution in [1.82, 2.24) is 0 Å². The van der Waals surface area contributed by atoms with Crippen molar-refractivity contribution in [1.29, 1.82) is 0 Å². The van der Waals surface area contributed by atoms with Crippen molar-refractivity contribution in [3.05, 3.63) is 35.4 Å². The first kappa shape index (κ1) is 20.9. The van der Waals surface area contributed by atoms with Gasteiger partial charge in [0.1, 0.15) is 17.8 Å². The molecule has 0 bridgehead atoms. The molecule has 0 spiro atoms. The predicted molar refractivity (Wildman–Crippen MR) is 122 cm³/mol. The molecular formula is C26H37N2O3+. The van der Waals surface area contributed by atoms with E-state index in [0.29, 0.717) is 5.92 Å². The van der Waals surface area contributed by atoms with Gasteiger partial charge in [0, 0.05) is 11.6 Å². The molecule has 0 unspecified atom stereocenters. The highest BCUT2D eigenvalue weighted by molar-refractivity contribution is 5.75. The Morgan fingerprint density at radius 3 is 2.68 bits per heavy atom. The summed E-state index contributed by atoms with van der Waals surface area (Å²) in [6.45, 7) is 9.87. The minimum atomic E-state index is 0.0688. The van der Waals surface area contributed by atoms with Crippen molar-refractivity contribution < 1.29 is 19.2 Å². The highest BCUT2D eigenvalue weighted by atomic mass is 16.6. The SMILES string of the molecule is COc1ccc(N2CC[NH+](C[C@@H]3C(=O)O[C@@H]4C[C@]5(C)CCCC(C)=C5C[C@H]34)CC2)cc1. The third kappa shape index (κ3) is 3.86. The number of fused-ring (bicyclic) bond motifs is 2. The van der Waals surface area contributed by atoms with Crippen molar-refractivity contribution in [3.8, 4) is 5.75 Å². The third-order valence-corrected chi connectivity index (χ3v) is 8.60. The van der Waals surface area contributed by atoms with Gasteiger partial charge in [-0.25, -0.2) is 0 Å². The second-order valence-corrected chi connectivity index (χ2v) is 10.5. The largest absolute Gasteiger partial charge is 0.497 e. The molecule has 0 radical (unpaired) electrons. The van der Waals surface area contributed by atoms with Crippen LogP contribution in [0.1, 0.15) is 46.0 Å². The second-order valence-electron chi connectivity index (χ2n) is 10.5. The van der Waals surface area contributed by atoms with E-state index in [1.54, 1.807) is 23.2 Å². The smallest absolute Gasteiger partial charge is 0.315 e. The van der Waals surface area contributed by atoms with Crippen molar-refractivity contribution in [3.63, 3.8) is 0 Å². The van der Waals surface area contributed by atoms with Gasteiger partial charge in [-0.15, -0.1) is 0 Å². The summed E-state index contributed by atoms with van der Waals surface area (Å²) in [5, 5.41) is 0. The Morgan fingerprint density at radius 2 is 1.97 bits per heavy atom. The van der Waals surface area contributed by atoms with Crippen LogP contribution in [0, 0.1) is 17.3 Å². The molecule has 4 atom stereocenters. The molecule has 5 heteroatoms. The van der Waals surface area contributed by atoms with Crippen molar-refractivity contribution in [2.45, 2.75) is 52.1 Å². The van der Waals surface area contributed by atoms with Gasteiger partial charge in [0.25, 0.3) is 0 Å². The number of esters is 1. The lowest BCUT2D eigenvalue weighted by Gasteiger charge is -2.45. The number of methoxy groups -OCH3 is 1. The number of carbonyl (C=O) groups excluding carboxylic acids is 1. The molecule has 168 valence electrons. The van der Waals surface area contributed by atoms with Gasteiger partial charge in [0.05, 0.1) is 39.8 Å². The van der Waals surface area contributed by atoms with Gasteiger partial charge < -0.3 is 19.3 Å². The molecule has 1 saturated carbocycles. The number of quaternary nitrogens is 1. The van der Waals surface area contributed by atoms with Gasteiger partial charge in [-0.2, -0.15) is 0 Å². The molecule has 5 nitrogen and oxygen atoms in total. The molecule has 2 heterocycles. The molecule has 4 aliphatic rings. The number of nitrogens with zero attached hydrogens (tertiary/aromatic N) is 1. The highest BCUT2D eigenvalue weighted by Crippen LogP contribution is 2.54. The molecule has 31 heavy (non-hydrogen) atoms. The first-order valence-electron chi connectivity index (χ1n) is 12.1. The van der Waals surface area contributed by atoms with Gasteiger partial charge in [0.15, 0.2) is 0 Å². The van der Waals surface area contributed by atoms with Crippen LogP contribution in [0.15, 0.2) is 35.4 Å². The molecule has 5 rings (SSSR count). The van der Waals surface area contributed by atoms with E-state index in [2.05, 4.69) is 30.9 Å². The van der Waals surface area contributed by atoms with Gasteiger partial charge in [-0.05, 0) is 68.7 Å². The lowest BCUT2D eigenvalue weighted by molar-refractivity contribution is -0.903. The Morgan fingerprint density at radius 1 is 1.23 bits per heavy atom. The molecule has 1 aromatic carbocycles. The molecule has 1 N–H and O–H groups in total. The maximum Gasteiger partial charge on any atom is 0.315 e. The first-order chi connectivity index (χ1) is 15.0. The Bertz CT molecular complexity index is 856. The van der Waals surface area contributed by atoms with E-state index in [-0.39, 0.29) is 23.4 Å². The molecule has 0 aromatic heterocycles.